The van der Waals surface area contributed by atoms with E-state index in [0.717, 1.165) is 47.5 Å². The molecule has 1 heterocycles. The zero-order valence-corrected chi connectivity index (χ0v) is 29.3. The van der Waals surface area contributed by atoms with Crippen LogP contribution in [-0.2, 0) is 20.7 Å². The van der Waals surface area contributed by atoms with Crippen LogP contribution in [0.4, 0.5) is 13.6 Å². The van der Waals surface area contributed by atoms with Gasteiger partial charge in [-0.1, -0.05) is 77.8 Å². The molecule has 274 valence electrons. The SMILES string of the molecule is O=C(N[C@H](CCCO)C(=O)O[C@@H](Cc1c(Cl)c[n+]([O-])cc1Cl)c1ccc(OC(F)F)c(OCC2CC2)c1)OCC1c2ccccc2-c2ccccc21. The molecule has 6 rings (SSSR count). The Morgan fingerprint density at radius 1 is 0.942 bits per heavy atom. The second-order valence-corrected chi connectivity index (χ2v) is 13.5. The number of carbonyl (C=O) groups excluding carboxylic acids is 2. The largest absolute Gasteiger partial charge is 0.619 e. The summed E-state index contributed by atoms with van der Waals surface area (Å²) in [6.07, 6.45) is 2.07. The molecular weight excluding hydrogens is 721 g/mol. The summed E-state index contributed by atoms with van der Waals surface area (Å²) in [5.41, 5.74) is 4.73. The third-order valence-corrected chi connectivity index (χ3v) is 9.66. The number of hydrogen-bond acceptors (Lipinski definition) is 8. The Kier molecular flexibility index (Phi) is 12.0. The van der Waals surface area contributed by atoms with Crippen LogP contribution in [0.25, 0.3) is 11.1 Å². The van der Waals surface area contributed by atoms with E-state index in [4.69, 9.17) is 37.4 Å². The second-order valence-electron chi connectivity index (χ2n) is 12.6. The number of pyridine rings is 1. The monoisotopic (exact) mass is 756 g/mol. The molecule has 0 radical (unpaired) electrons. The number of aliphatic hydroxyl groups is 1. The highest BCUT2D eigenvalue weighted by Crippen LogP contribution is 2.44. The molecular formula is C38H36Cl2F2N2O8. The fourth-order valence-corrected chi connectivity index (χ4v) is 6.81. The Hall–Kier alpha value is -4.65. The quantitative estimate of drug-likeness (QED) is 0.0682. The van der Waals surface area contributed by atoms with E-state index in [1.165, 1.54) is 18.2 Å². The van der Waals surface area contributed by atoms with Crippen LogP contribution >= 0.6 is 23.2 Å². The van der Waals surface area contributed by atoms with Crippen LogP contribution in [0.2, 0.25) is 10.0 Å². The van der Waals surface area contributed by atoms with Crippen LogP contribution in [0, 0.1) is 11.1 Å². The van der Waals surface area contributed by atoms with E-state index < -0.39 is 30.8 Å². The first kappa shape index (κ1) is 37.1. The number of alkyl carbamates (subject to hydrolysis) is 1. The fourth-order valence-electron chi connectivity index (χ4n) is 6.21. The maximum atomic E-state index is 13.8. The Morgan fingerprint density at radius 3 is 2.21 bits per heavy atom. The van der Waals surface area contributed by atoms with Crippen molar-refractivity contribution >= 4 is 35.3 Å². The van der Waals surface area contributed by atoms with Gasteiger partial charge in [-0.05, 0) is 71.6 Å². The number of nitrogens with zero attached hydrogens (tertiary/aromatic N) is 1. The number of amides is 1. The minimum Gasteiger partial charge on any atom is -0.619 e. The minimum absolute atomic E-state index is 0.00000258. The highest BCUT2D eigenvalue weighted by Gasteiger charge is 2.32. The maximum Gasteiger partial charge on any atom is 0.407 e. The van der Waals surface area contributed by atoms with Crippen LogP contribution in [0.15, 0.2) is 79.1 Å². The van der Waals surface area contributed by atoms with Crippen molar-refractivity contribution in [2.75, 3.05) is 19.8 Å². The highest BCUT2D eigenvalue weighted by atomic mass is 35.5. The summed E-state index contributed by atoms with van der Waals surface area (Å²) in [4.78, 5) is 27.1. The van der Waals surface area contributed by atoms with Gasteiger partial charge in [-0.2, -0.15) is 13.5 Å². The number of halogens is 4. The van der Waals surface area contributed by atoms with Crippen LogP contribution in [0.1, 0.15) is 60.0 Å². The number of esters is 1. The molecule has 0 spiro atoms. The van der Waals surface area contributed by atoms with E-state index in [0.29, 0.717) is 10.3 Å². The van der Waals surface area contributed by atoms with Gasteiger partial charge in [0.15, 0.2) is 23.9 Å². The number of ether oxygens (including phenoxy) is 4. The van der Waals surface area contributed by atoms with E-state index in [9.17, 15) is 28.7 Å². The van der Waals surface area contributed by atoms with E-state index in [-0.39, 0.29) is 78.0 Å². The Morgan fingerprint density at radius 2 is 1.60 bits per heavy atom. The third kappa shape index (κ3) is 9.04. The van der Waals surface area contributed by atoms with Gasteiger partial charge in [-0.15, -0.1) is 0 Å². The fraction of sp³-hybridized carbons (Fsp3) is 0.342. The number of carbonyl (C=O) groups is 2. The molecule has 0 saturated heterocycles. The molecule has 1 saturated carbocycles. The molecule has 0 unspecified atom stereocenters. The minimum atomic E-state index is -3.11. The van der Waals surface area contributed by atoms with Gasteiger partial charge in [-0.25, -0.2) is 9.59 Å². The number of alkyl halides is 2. The summed E-state index contributed by atoms with van der Waals surface area (Å²) >= 11 is 12.8. The zero-order valence-electron chi connectivity index (χ0n) is 27.8. The van der Waals surface area contributed by atoms with Crippen molar-refractivity contribution < 1.29 is 47.2 Å². The average Bonchev–Trinajstić information content (AvgIpc) is 3.90. The Labute approximate surface area is 308 Å². The summed E-state index contributed by atoms with van der Waals surface area (Å²) in [5.74, 6) is -0.990. The molecule has 3 aromatic carbocycles. The predicted octanol–water partition coefficient (Wildman–Crippen LogP) is 7.52. The van der Waals surface area contributed by atoms with E-state index in [1.807, 2.05) is 48.5 Å². The van der Waals surface area contributed by atoms with Gasteiger partial charge in [0.1, 0.15) is 28.8 Å². The molecule has 2 aliphatic carbocycles. The zero-order chi connectivity index (χ0) is 36.8. The van der Waals surface area contributed by atoms with Gasteiger partial charge in [0.2, 0.25) is 0 Å². The van der Waals surface area contributed by atoms with E-state index >= 15 is 0 Å². The number of aromatic nitrogens is 1. The van der Waals surface area contributed by atoms with Crippen LogP contribution in [-0.4, -0.2) is 49.6 Å². The van der Waals surface area contributed by atoms with Crippen molar-refractivity contribution in [1.29, 1.82) is 0 Å². The molecule has 0 bridgehead atoms. The van der Waals surface area contributed by atoms with Crippen LogP contribution in [0.5, 0.6) is 11.5 Å². The molecule has 4 aromatic rings. The normalized spacial score (nSPS) is 14.7. The van der Waals surface area contributed by atoms with Gasteiger partial charge >= 0.3 is 18.7 Å². The van der Waals surface area contributed by atoms with Gasteiger partial charge in [0.25, 0.3) is 0 Å². The van der Waals surface area contributed by atoms with Crippen molar-refractivity contribution in [3.63, 3.8) is 0 Å². The first-order valence-corrected chi connectivity index (χ1v) is 17.6. The lowest BCUT2D eigenvalue weighted by Crippen LogP contribution is -2.43. The van der Waals surface area contributed by atoms with Gasteiger partial charge < -0.3 is 34.6 Å². The number of hydrogen-bond donors (Lipinski definition) is 2. The van der Waals surface area contributed by atoms with Crippen molar-refractivity contribution in [2.45, 2.75) is 56.8 Å². The van der Waals surface area contributed by atoms with Gasteiger partial charge in [-0.3, -0.25) is 0 Å². The van der Waals surface area contributed by atoms with Crippen molar-refractivity contribution in [3.05, 3.63) is 117 Å². The Bertz CT molecular complexity index is 1840. The smallest absolute Gasteiger partial charge is 0.407 e. The Balaban J connectivity index is 1.22. The van der Waals surface area contributed by atoms with Crippen molar-refractivity contribution in [1.82, 2.24) is 5.32 Å². The predicted molar refractivity (Wildman–Crippen MR) is 188 cm³/mol. The number of rotatable bonds is 16. The second kappa shape index (κ2) is 16.8. The summed E-state index contributed by atoms with van der Waals surface area (Å²) in [6.45, 7) is -3.09. The molecule has 2 aliphatic rings. The van der Waals surface area contributed by atoms with Crippen molar-refractivity contribution in [2.24, 2.45) is 5.92 Å². The number of aliphatic hydroxyl groups excluding tert-OH is 1. The van der Waals surface area contributed by atoms with Crippen molar-refractivity contribution in [3.8, 4) is 22.6 Å². The molecule has 52 heavy (non-hydrogen) atoms. The molecule has 2 N–H and O–H groups in total. The molecule has 1 amide bonds. The molecule has 1 fully saturated rings. The standard InChI is InChI=1S/C38H36Cl2F2N2O8/c39-30-18-44(48)19-31(40)28(30)17-34(23-13-14-33(52-37(41)42)35(16-23)49-20-22-11-12-22)51-36(46)32(10-5-15-45)43-38(47)50-21-29-26-8-3-1-6-24(26)25-7-2-4-9-27(25)29/h1-4,6-9,13-14,16,18-19,22,29,32,34,37,45H,5,10-12,15,17,20-21H2,(H,43,47)/t32-,34+/m1/s1. The summed E-state index contributed by atoms with van der Waals surface area (Å²) in [7, 11) is 0. The first-order chi connectivity index (χ1) is 25.1. The maximum absolute atomic E-state index is 13.8. The highest BCUT2D eigenvalue weighted by molar-refractivity contribution is 6.35. The van der Waals surface area contributed by atoms with Crippen LogP contribution < -0.4 is 19.5 Å². The lowest BCUT2D eigenvalue weighted by Gasteiger charge is -2.24. The van der Waals surface area contributed by atoms with Gasteiger partial charge in [0, 0.05) is 24.5 Å². The molecule has 0 aliphatic heterocycles. The number of fused-ring (bicyclic) bond motifs is 3. The topological polar surface area (TPSA) is 130 Å². The summed E-state index contributed by atoms with van der Waals surface area (Å²) < 4.78 is 49.1. The van der Waals surface area contributed by atoms with Gasteiger partial charge in [0.05, 0.1) is 6.61 Å². The molecule has 10 nitrogen and oxygen atoms in total. The van der Waals surface area contributed by atoms with Crippen LogP contribution in [0.3, 0.4) is 0 Å². The number of nitrogens with one attached hydrogen (secondary N) is 1. The third-order valence-electron chi connectivity index (χ3n) is 9.00. The summed E-state index contributed by atoms with van der Waals surface area (Å²) in [5, 5.41) is 24.1. The first-order valence-electron chi connectivity index (χ1n) is 16.8. The lowest BCUT2D eigenvalue weighted by atomic mass is 9.98. The molecule has 1 aromatic heterocycles. The molecule has 14 heteroatoms. The summed E-state index contributed by atoms with van der Waals surface area (Å²) in [6, 6.07) is 18.6. The van der Waals surface area contributed by atoms with E-state index in [2.05, 4.69) is 10.1 Å². The molecule has 2 atom stereocenters. The average molecular weight is 758 g/mol. The number of benzene rings is 3. The lowest BCUT2D eigenvalue weighted by molar-refractivity contribution is -0.605. The van der Waals surface area contributed by atoms with E-state index in [1.54, 1.807) is 0 Å².